The van der Waals surface area contributed by atoms with Crippen molar-refractivity contribution in [3.05, 3.63) is 39.7 Å². The molecule has 0 spiro atoms. The van der Waals surface area contributed by atoms with Crippen LogP contribution in [0.1, 0.15) is 34.8 Å². The molecule has 0 unspecified atom stereocenters. The summed E-state index contributed by atoms with van der Waals surface area (Å²) < 4.78 is 5.04. The largest absolute Gasteiger partial charge is 0.508 e. The minimum Gasteiger partial charge on any atom is -0.508 e. The molecule has 1 fully saturated rings. The molecule has 1 saturated carbocycles. The molecule has 0 radical (unpaired) electrons. The molecule has 0 bridgehead atoms. The first-order valence-corrected chi connectivity index (χ1v) is 12.1. The molecule has 38 heavy (non-hydrogen) atoms. The van der Waals surface area contributed by atoms with E-state index in [0.29, 0.717) is 11.3 Å². The molecule has 0 aliphatic heterocycles. The average Bonchev–Trinajstić information content (AvgIpc) is 2.81. The Morgan fingerprint density at radius 2 is 1.79 bits per heavy atom. The summed E-state index contributed by atoms with van der Waals surface area (Å²) in [5.41, 5.74) is 1.97. The van der Waals surface area contributed by atoms with Crippen molar-refractivity contribution in [3.63, 3.8) is 0 Å². The monoisotopic (exact) mass is 529 g/mol. The number of aromatic hydroxyl groups is 1. The lowest BCUT2D eigenvalue weighted by atomic mass is 9.57. The fraction of sp³-hybridized carbons (Fsp3) is 0.462. The highest BCUT2D eigenvalue weighted by Gasteiger charge is 2.64. The Balaban J connectivity index is 2.01. The number of Topliss-reactive ketones (excluding diaryl/α,β-unsaturated/α-hetero) is 2. The van der Waals surface area contributed by atoms with Gasteiger partial charge in [-0.2, -0.15) is 0 Å². The second kappa shape index (κ2) is 9.14. The highest BCUT2D eigenvalue weighted by molar-refractivity contribution is 6.24. The SMILES string of the molecule is CCOC(=O)c1cc(N(C)C)c2c(c1O)C(O)=C1C(=O)[C@]3(O)C(O)=C(C(N)=O)C(=O)[C@@H](N(C)C)[C@@H]3C[C@@H]1C2. The number of hydrogen-bond acceptors (Lipinski definition) is 11. The summed E-state index contributed by atoms with van der Waals surface area (Å²) in [6, 6.07) is 0.270. The van der Waals surface area contributed by atoms with Crippen LogP contribution in [-0.2, 0) is 25.5 Å². The minimum atomic E-state index is -2.73. The van der Waals surface area contributed by atoms with Gasteiger partial charge in [-0.25, -0.2) is 4.79 Å². The molecule has 3 aliphatic rings. The topological polar surface area (TPSA) is 191 Å². The number of nitrogens with two attached hydrogens (primary N) is 1. The zero-order chi connectivity index (χ0) is 28.4. The van der Waals surface area contributed by atoms with Gasteiger partial charge in [0.2, 0.25) is 5.78 Å². The Labute approximate surface area is 218 Å². The summed E-state index contributed by atoms with van der Waals surface area (Å²) in [7, 11) is 6.48. The van der Waals surface area contributed by atoms with Crippen LogP contribution in [0.5, 0.6) is 5.75 Å². The second-order valence-electron chi connectivity index (χ2n) is 10.2. The highest BCUT2D eigenvalue weighted by atomic mass is 16.5. The van der Waals surface area contributed by atoms with Gasteiger partial charge in [-0.05, 0) is 51.4 Å². The van der Waals surface area contributed by atoms with E-state index in [1.807, 2.05) is 0 Å². The number of phenols is 1. The van der Waals surface area contributed by atoms with Crippen LogP contribution < -0.4 is 10.6 Å². The summed E-state index contributed by atoms with van der Waals surface area (Å²) >= 11 is 0. The Hall–Kier alpha value is -3.90. The number of amides is 1. The molecule has 12 heteroatoms. The summed E-state index contributed by atoms with van der Waals surface area (Å²) in [5.74, 6) is -8.40. The normalized spacial score (nSPS) is 26.7. The molecule has 3 aliphatic carbocycles. The summed E-state index contributed by atoms with van der Waals surface area (Å²) in [6.45, 7) is 1.63. The number of hydrogen-bond donors (Lipinski definition) is 5. The van der Waals surface area contributed by atoms with Crippen LogP contribution in [-0.4, -0.2) is 95.2 Å². The molecule has 12 nitrogen and oxygen atoms in total. The van der Waals surface area contributed by atoms with E-state index in [1.54, 1.807) is 25.9 Å². The van der Waals surface area contributed by atoms with Crippen molar-refractivity contribution in [1.29, 1.82) is 0 Å². The van der Waals surface area contributed by atoms with Crippen LogP contribution in [0.25, 0.3) is 5.76 Å². The molecule has 0 aromatic heterocycles. The van der Waals surface area contributed by atoms with Gasteiger partial charge in [-0.3, -0.25) is 19.3 Å². The number of aliphatic hydroxyl groups excluding tert-OH is 2. The van der Waals surface area contributed by atoms with E-state index in [4.69, 9.17) is 10.5 Å². The third-order valence-electron chi connectivity index (χ3n) is 7.67. The van der Waals surface area contributed by atoms with Crippen LogP contribution in [0.2, 0.25) is 0 Å². The van der Waals surface area contributed by atoms with Crippen molar-refractivity contribution in [2.24, 2.45) is 17.6 Å². The number of carbonyl (C=O) groups is 4. The smallest absolute Gasteiger partial charge is 0.342 e. The lowest BCUT2D eigenvalue weighted by molar-refractivity contribution is -0.153. The van der Waals surface area contributed by atoms with Crippen molar-refractivity contribution in [3.8, 4) is 5.75 Å². The van der Waals surface area contributed by atoms with Crippen molar-refractivity contribution in [2.75, 3.05) is 39.7 Å². The van der Waals surface area contributed by atoms with Crippen LogP contribution in [0.4, 0.5) is 5.69 Å². The van der Waals surface area contributed by atoms with Crippen LogP contribution >= 0.6 is 0 Å². The Kier molecular flexibility index (Phi) is 6.53. The van der Waals surface area contributed by atoms with Gasteiger partial charge in [-0.15, -0.1) is 0 Å². The van der Waals surface area contributed by atoms with Crippen LogP contribution in [0.15, 0.2) is 23.0 Å². The highest BCUT2D eigenvalue weighted by Crippen LogP contribution is 2.54. The number of nitrogens with zero attached hydrogens (tertiary/aromatic N) is 2. The summed E-state index contributed by atoms with van der Waals surface area (Å²) in [5, 5.41) is 45.0. The van der Waals surface area contributed by atoms with Crippen molar-refractivity contribution in [2.45, 2.75) is 31.4 Å². The van der Waals surface area contributed by atoms with Gasteiger partial charge in [0, 0.05) is 31.3 Å². The third-order valence-corrected chi connectivity index (χ3v) is 7.67. The van der Waals surface area contributed by atoms with Gasteiger partial charge >= 0.3 is 5.97 Å². The van der Waals surface area contributed by atoms with Gasteiger partial charge in [0.1, 0.15) is 28.4 Å². The number of primary amides is 1. The van der Waals surface area contributed by atoms with E-state index in [9.17, 15) is 39.6 Å². The standard InChI is InChI=1S/C26H31N3O9/c1-6-38-25(36)12-9-14(28(2)3)11-7-10-8-13-18(29(4)5)21(32)17(24(27)35)23(34)26(13,37)22(33)15(10)20(31)16(11)19(12)30/h9-10,13,18,30-31,34,37H,6-8H2,1-5H3,(H2,27,35)/t10-,13-,18-,26-/m0/s1. The molecule has 6 N–H and O–H groups in total. The number of aliphatic hydroxyl groups is 3. The summed E-state index contributed by atoms with van der Waals surface area (Å²) in [6.07, 6.45) is 0.0811. The maximum Gasteiger partial charge on any atom is 0.342 e. The van der Waals surface area contributed by atoms with Gasteiger partial charge in [-0.1, -0.05) is 0 Å². The zero-order valence-corrected chi connectivity index (χ0v) is 21.7. The van der Waals surface area contributed by atoms with Gasteiger partial charge in [0.15, 0.2) is 11.4 Å². The van der Waals surface area contributed by atoms with Crippen molar-refractivity contribution >= 4 is 34.9 Å². The van der Waals surface area contributed by atoms with E-state index in [0.717, 1.165) is 0 Å². The van der Waals surface area contributed by atoms with Gasteiger partial charge < -0.3 is 35.8 Å². The Morgan fingerprint density at radius 1 is 1.16 bits per heavy atom. The Morgan fingerprint density at radius 3 is 2.32 bits per heavy atom. The minimum absolute atomic E-state index is 0.0287. The average molecular weight is 530 g/mol. The first-order chi connectivity index (χ1) is 17.7. The molecule has 4 rings (SSSR count). The van der Waals surface area contributed by atoms with Gasteiger partial charge in [0.25, 0.3) is 5.91 Å². The number of fused-ring (bicyclic) bond motifs is 3. The molecule has 1 aromatic carbocycles. The first-order valence-electron chi connectivity index (χ1n) is 12.1. The predicted octanol–water partition coefficient (Wildman–Crippen LogP) is 0.207. The lowest BCUT2D eigenvalue weighted by Gasteiger charge is -2.50. The van der Waals surface area contributed by atoms with E-state index < -0.39 is 69.8 Å². The number of ketones is 2. The molecule has 1 aromatic rings. The molecular weight excluding hydrogens is 498 g/mol. The molecule has 204 valence electrons. The van der Waals surface area contributed by atoms with Crippen LogP contribution in [0, 0.1) is 11.8 Å². The number of phenolic OH excluding ortho intramolecular Hbond substituents is 1. The molecule has 1 amide bonds. The number of ether oxygens (including phenoxy) is 1. The number of benzene rings is 1. The van der Waals surface area contributed by atoms with E-state index >= 15 is 0 Å². The Bertz CT molecular complexity index is 1340. The molecule has 0 saturated heterocycles. The number of rotatable bonds is 5. The number of anilines is 1. The number of likely N-dealkylation sites (N-methyl/N-ethyl adjacent to an activating group) is 1. The molecule has 4 atom stereocenters. The fourth-order valence-electron chi connectivity index (χ4n) is 6.06. The third kappa shape index (κ3) is 3.58. The number of esters is 1. The zero-order valence-electron chi connectivity index (χ0n) is 21.7. The van der Waals surface area contributed by atoms with E-state index in [2.05, 4.69) is 0 Å². The fourth-order valence-corrected chi connectivity index (χ4v) is 6.06. The quantitative estimate of drug-likeness (QED) is 0.259. The number of carbonyl (C=O) groups excluding carboxylic acids is 4. The maximum atomic E-state index is 13.9. The second-order valence-corrected chi connectivity index (χ2v) is 10.2. The maximum absolute atomic E-state index is 13.9. The predicted molar refractivity (Wildman–Crippen MR) is 135 cm³/mol. The van der Waals surface area contributed by atoms with Crippen molar-refractivity contribution in [1.82, 2.24) is 4.90 Å². The molecular formula is C26H31N3O9. The molecule has 0 heterocycles. The van der Waals surface area contributed by atoms with Crippen LogP contribution in [0.3, 0.4) is 0 Å². The summed E-state index contributed by atoms with van der Waals surface area (Å²) in [4.78, 5) is 54.8. The first kappa shape index (κ1) is 27.1. The van der Waals surface area contributed by atoms with E-state index in [-0.39, 0.29) is 36.1 Å². The van der Waals surface area contributed by atoms with E-state index in [1.165, 1.54) is 25.1 Å². The lowest BCUT2D eigenvalue weighted by Crippen LogP contribution is -2.65. The van der Waals surface area contributed by atoms with Crippen molar-refractivity contribution < 1.29 is 44.3 Å². The van der Waals surface area contributed by atoms with Gasteiger partial charge in [0.05, 0.1) is 18.2 Å².